The number of halogens is 4. The van der Waals surface area contributed by atoms with Gasteiger partial charge in [0.1, 0.15) is 11.3 Å². The van der Waals surface area contributed by atoms with Crippen LogP contribution in [0, 0.1) is 11.6 Å². The first kappa shape index (κ1) is 23.8. The second-order valence-corrected chi connectivity index (χ2v) is 8.45. The van der Waals surface area contributed by atoms with Crippen LogP contribution in [0.2, 0.25) is 5.02 Å². The smallest absolute Gasteiger partial charge is 0.260 e. The number of carbonyl (C=O) groups is 1. The van der Waals surface area contributed by atoms with E-state index in [-0.39, 0.29) is 23.8 Å². The molecule has 0 saturated carbocycles. The topological polar surface area (TPSA) is 45.7 Å². The van der Waals surface area contributed by atoms with Gasteiger partial charge in [-0.25, -0.2) is 13.8 Å². The lowest BCUT2D eigenvalue weighted by Gasteiger charge is -2.27. The monoisotopic (exact) mass is 487 g/mol. The molecule has 1 amide bonds. The lowest BCUT2D eigenvalue weighted by Crippen LogP contribution is -2.39. The number of fused-ring (bicyclic) bond motifs is 1. The fourth-order valence-electron chi connectivity index (χ4n) is 3.37. The molecule has 2 heterocycles. The van der Waals surface area contributed by atoms with E-state index >= 15 is 0 Å². The molecule has 1 saturated heterocycles. The van der Waals surface area contributed by atoms with Crippen LogP contribution in [-0.2, 0) is 4.74 Å². The zero-order valence-electron chi connectivity index (χ0n) is 16.5. The van der Waals surface area contributed by atoms with E-state index in [4.69, 9.17) is 16.3 Å². The lowest BCUT2D eigenvalue weighted by molar-refractivity contribution is 0.0376. The van der Waals surface area contributed by atoms with Crippen molar-refractivity contribution in [3.05, 3.63) is 58.6 Å². The number of nitrogens with zero attached hydrogens (tertiary/aromatic N) is 3. The lowest BCUT2D eigenvalue weighted by atomic mass is 10.2. The van der Waals surface area contributed by atoms with Crippen molar-refractivity contribution in [3.8, 4) is 0 Å². The Kier molecular flexibility index (Phi) is 8.18. The first-order chi connectivity index (χ1) is 14.5. The number of benzene rings is 2. The van der Waals surface area contributed by atoms with Crippen LogP contribution in [0.25, 0.3) is 10.2 Å². The van der Waals surface area contributed by atoms with Crippen molar-refractivity contribution in [3.63, 3.8) is 0 Å². The van der Waals surface area contributed by atoms with Crippen LogP contribution in [0.4, 0.5) is 13.9 Å². The van der Waals surface area contributed by atoms with Crippen LogP contribution in [0.3, 0.4) is 0 Å². The minimum atomic E-state index is -0.736. The van der Waals surface area contributed by atoms with Crippen LogP contribution in [0.1, 0.15) is 16.8 Å². The van der Waals surface area contributed by atoms with Gasteiger partial charge in [-0.15, -0.1) is 12.4 Å². The Labute approximate surface area is 194 Å². The summed E-state index contributed by atoms with van der Waals surface area (Å²) in [5.41, 5.74) is 0.523. The maximum absolute atomic E-state index is 14.2. The first-order valence-electron chi connectivity index (χ1n) is 9.64. The third kappa shape index (κ3) is 5.70. The second kappa shape index (κ2) is 10.7. The molecule has 0 aliphatic carbocycles. The van der Waals surface area contributed by atoms with Crippen LogP contribution in [-0.4, -0.2) is 55.2 Å². The van der Waals surface area contributed by atoms with Crippen molar-refractivity contribution in [1.82, 2.24) is 9.88 Å². The van der Waals surface area contributed by atoms with E-state index in [0.29, 0.717) is 46.6 Å². The maximum atomic E-state index is 14.2. The zero-order chi connectivity index (χ0) is 21.1. The Morgan fingerprint density at radius 1 is 1.19 bits per heavy atom. The molecule has 10 heteroatoms. The summed E-state index contributed by atoms with van der Waals surface area (Å²) in [6.45, 7) is 4.34. The third-order valence-corrected chi connectivity index (χ3v) is 6.21. The van der Waals surface area contributed by atoms with Crippen molar-refractivity contribution >= 4 is 56.6 Å². The summed E-state index contributed by atoms with van der Waals surface area (Å²) in [6, 6.07) is 8.62. The molecule has 0 spiro atoms. The predicted octanol–water partition coefficient (Wildman–Crippen LogP) is 5.02. The number of thiazole rings is 1. The van der Waals surface area contributed by atoms with Gasteiger partial charge in [-0.1, -0.05) is 22.9 Å². The Morgan fingerprint density at radius 2 is 1.90 bits per heavy atom. The fourth-order valence-corrected chi connectivity index (χ4v) is 4.53. The normalized spacial score (nSPS) is 14.4. The predicted molar refractivity (Wildman–Crippen MR) is 122 cm³/mol. The number of carbonyl (C=O) groups excluding carboxylic acids is 1. The van der Waals surface area contributed by atoms with E-state index in [0.717, 1.165) is 37.0 Å². The number of aromatic nitrogens is 1. The maximum Gasteiger partial charge on any atom is 0.260 e. The highest BCUT2D eigenvalue weighted by atomic mass is 35.5. The molecule has 4 rings (SSSR count). The molecule has 5 nitrogen and oxygen atoms in total. The Morgan fingerprint density at radius 3 is 2.61 bits per heavy atom. The number of rotatable bonds is 6. The van der Waals surface area contributed by atoms with Gasteiger partial charge in [0.2, 0.25) is 0 Å². The molecule has 0 radical (unpaired) electrons. The van der Waals surface area contributed by atoms with Gasteiger partial charge in [-0.05, 0) is 36.8 Å². The molecule has 0 unspecified atom stereocenters. The van der Waals surface area contributed by atoms with Gasteiger partial charge in [0.15, 0.2) is 10.9 Å². The molecular weight excluding hydrogens is 467 g/mol. The Bertz CT molecular complexity index is 1040. The molecule has 0 bridgehead atoms. The quantitative estimate of drug-likeness (QED) is 0.489. The molecule has 1 aliphatic rings. The summed E-state index contributed by atoms with van der Waals surface area (Å²) in [4.78, 5) is 21.3. The summed E-state index contributed by atoms with van der Waals surface area (Å²) >= 11 is 7.04. The van der Waals surface area contributed by atoms with Gasteiger partial charge in [0, 0.05) is 42.8 Å². The standard InChI is InChI=1S/C21H20ClF2N3O2S.ClH/c22-15-4-2-14(3-5-15)20(28)27(7-1-6-26-8-10-29-11-9-26)21-25-19-17(24)12-16(23)13-18(19)30-21;/h2-5,12-13H,1,6-11H2;1H. The number of hydrogen-bond donors (Lipinski definition) is 0. The van der Waals surface area contributed by atoms with E-state index in [9.17, 15) is 13.6 Å². The van der Waals surface area contributed by atoms with Crippen LogP contribution in [0.5, 0.6) is 0 Å². The van der Waals surface area contributed by atoms with Gasteiger partial charge in [-0.2, -0.15) is 0 Å². The summed E-state index contributed by atoms with van der Waals surface area (Å²) in [5.74, 6) is -1.66. The van der Waals surface area contributed by atoms with E-state index in [2.05, 4.69) is 9.88 Å². The average molecular weight is 488 g/mol. The van der Waals surface area contributed by atoms with Crippen LogP contribution < -0.4 is 4.90 Å². The molecular formula is C21H21Cl2F2N3O2S. The molecule has 1 fully saturated rings. The highest BCUT2D eigenvalue weighted by Crippen LogP contribution is 2.32. The number of hydrogen-bond acceptors (Lipinski definition) is 5. The van der Waals surface area contributed by atoms with Gasteiger partial charge in [0.25, 0.3) is 5.91 Å². The van der Waals surface area contributed by atoms with Gasteiger partial charge >= 0.3 is 0 Å². The summed E-state index contributed by atoms with van der Waals surface area (Å²) in [5, 5.41) is 0.874. The SMILES string of the molecule is Cl.O=C(c1ccc(Cl)cc1)N(CCCN1CCOCC1)c1nc2c(F)cc(F)cc2s1. The summed E-state index contributed by atoms with van der Waals surface area (Å²) in [6.07, 6.45) is 0.714. The average Bonchev–Trinajstić information content (AvgIpc) is 3.16. The van der Waals surface area contributed by atoms with E-state index in [1.54, 1.807) is 24.3 Å². The van der Waals surface area contributed by atoms with Crippen molar-refractivity contribution in [2.45, 2.75) is 6.42 Å². The molecule has 2 aromatic carbocycles. The Balaban J connectivity index is 0.00000272. The summed E-state index contributed by atoms with van der Waals surface area (Å²) in [7, 11) is 0. The van der Waals surface area contributed by atoms with Crippen LogP contribution >= 0.6 is 35.3 Å². The molecule has 0 N–H and O–H groups in total. The van der Waals surface area contributed by atoms with Gasteiger partial charge < -0.3 is 4.74 Å². The van der Waals surface area contributed by atoms with Crippen molar-refractivity contribution in [1.29, 1.82) is 0 Å². The number of morpholine rings is 1. The van der Waals surface area contributed by atoms with E-state index in [1.807, 2.05) is 0 Å². The minimum absolute atomic E-state index is 0. The number of ether oxygens (including phenoxy) is 1. The molecule has 1 aliphatic heterocycles. The highest BCUT2D eigenvalue weighted by molar-refractivity contribution is 7.22. The fraction of sp³-hybridized carbons (Fsp3) is 0.333. The Hall–Kier alpha value is -1.84. The number of anilines is 1. The molecule has 166 valence electrons. The van der Waals surface area contributed by atoms with Gasteiger partial charge in [0.05, 0.1) is 17.9 Å². The molecule has 0 atom stereocenters. The molecule has 1 aromatic heterocycles. The van der Waals surface area contributed by atoms with Gasteiger partial charge in [-0.3, -0.25) is 14.6 Å². The zero-order valence-corrected chi connectivity index (χ0v) is 18.9. The molecule has 31 heavy (non-hydrogen) atoms. The van der Waals surface area contributed by atoms with E-state index < -0.39 is 11.6 Å². The minimum Gasteiger partial charge on any atom is -0.379 e. The van der Waals surface area contributed by atoms with Crippen molar-refractivity contribution < 1.29 is 18.3 Å². The van der Waals surface area contributed by atoms with E-state index in [1.165, 1.54) is 11.0 Å². The first-order valence-corrected chi connectivity index (χ1v) is 10.8. The largest absolute Gasteiger partial charge is 0.379 e. The van der Waals surface area contributed by atoms with Crippen molar-refractivity contribution in [2.75, 3.05) is 44.3 Å². The second-order valence-electron chi connectivity index (χ2n) is 7.00. The number of amides is 1. The van der Waals surface area contributed by atoms with Crippen molar-refractivity contribution in [2.24, 2.45) is 0 Å². The highest BCUT2D eigenvalue weighted by Gasteiger charge is 2.23. The summed E-state index contributed by atoms with van der Waals surface area (Å²) < 4.78 is 33.5. The molecule has 3 aromatic rings. The third-order valence-electron chi connectivity index (χ3n) is 4.93. The van der Waals surface area contributed by atoms with Crippen LogP contribution in [0.15, 0.2) is 36.4 Å².